The average molecular weight is 242 g/mol. The second-order valence-corrected chi connectivity index (χ2v) is 4.34. The van der Waals surface area contributed by atoms with Gasteiger partial charge >= 0.3 is 0 Å². The molecule has 15 heavy (non-hydrogen) atoms. The quantitative estimate of drug-likeness (QED) is 0.770. The summed E-state index contributed by atoms with van der Waals surface area (Å²) >= 11 is 7.34. The van der Waals surface area contributed by atoms with E-state index in [1.54, 1.807) is 11.3 Å². The Bertz CT molecular complexity index is 435. The molecule has 2 heterocycles. The molecule has 2 aromatic heterocycles. The monoisotopic (exact) mass is 241 g/mol. The minimum Gasteiger partial charge on any atom is -0.262 e. The molecule has 0 aliphatic carbocycles. The van der Waals surface area contributed by atoms with Gasteiger partial charge in [-0.15, -0.1) is 22.9 Å². The lowest BCUT2D eigenvalue weighted by Gasteiger charge is -2.02. The maximum absolute atomic E-state index is 5.72. The van der Waals surface area contributed by atoms with Crippen molar-refractivity contribution in [3.8, 4) is 10.7 Å². The summed E-state index contributed by atoms with van der Waals surface area (Å²) in [6.45, 7) is 3.07. The molecule has 2 rings (SSSR count). The summed E-state index contributed by atoms with van der Waals surface area (Å²) in [7, 11) is 0. The molecule has 80 valence electrons. The average Bonchev–Trinajstić information content (AvgIpc) is 2.85. The lowest BCUT2D eigenvalue weighted by Crippen LogP contribution is -2.00. The van der Waals surface area contributed by atoms with E-state index in [0.29, 0.717) is 5.88 Å². The Kier molecular flexibility index (Phi) is 3.38. The van der Waals surface area contributed by atoms with Crippen LogP contribution in [0, 0.1) is 0 Å². The van der Waals surface area contributed by atoms with Crippen molar-refractivity contribution in [3.05, 3.63) is 23.3 Å². The van der Waals surface area contributed by atoms with Crippen LogP contribution in [0.2, 0.25) is 0 Å². The molecule has 2 aromatic rings. The van der Waals surface area contributed by atoms with E-state index >= 15 is 0 Å². The Morgan fingerprint density at radius 2 is 2.40 bits per heavy atom. The van der Waals surface area contributed by atoms with Crippen molar-refractivity contribution in [1.82, 2.24) is 14.8 Å². The van der Waals surface area contributed by atoms with Gasteiger partial charge in [-0.25, -0.2) is 4.98 Å². The lowest BCUT2D eigenvalue weighted by molar-refractivity contribution is 0.609. The maximum atomic E-state index is 5.72. The Hall–Kier alpha value is -0.870. The second kappa shape index (κ2) is 4.77. The summed E-state index contributed by atoms with van der Waals surface area (Å²) in [5.41, 5.74) is 2.01. The molecule has 0 spiro atoms. The van der Waals surface area contributed by atoms with Crippen molar-refractivity contribution in [2.24, 2.45) is 0 Å². The molecule has 5 heteroatoms. The summed E-state index contributed by atoms with van der Waals surface area (Å²) in [4.78, 5) is 4.44. The van der Waals surface area contributed by atoms with Crippen LogP contribution in [0.3, 0.4) is 0 Å². The summed E-state index contributed by atoms with van der Waals surface area (Å²) in [6, 6.07) is 1.99. The highest BCUT2D eigenvalue weighted by Crippen LogP contribution is 2.24. The third-order valence-electron chi connectivity index (χ3n) is 2.06. The Labute approximate surface area is 97.7 Å². The normalized spacial score (nSPS) is 10.8. The van der Waals surface area contributed by atoms with Gasteiger partial charge in [0.15, 0.2) is 0 Å². The smallest absolute Gasteiger partial charge is 0.141 e. The highest BCUT2D eigenvalue weighted by atomic mass is 35.5. The molecule has 0 aliphatic heterocycles. The van der Waals surface area contributed by atoms with Crippen molar-refractivity contribution in [2.75, 3.05) is 0 Å². The van der Waals surface area contributed by atoms with E-state index in [1.807, 2.05) is 22.3 Å². The zero-order valence-corrected chi connectivity index (χ0v) is 10.1. The fourth-order valence-corrected chi connectivity index (χ4v) is 2.47. The molecule has 0 bridgehead atoms. The van der Waals surface area contributed by atoms with E-state index < -0.39 is 0 Å². The van der Waals surface area contributed by atoms with Crippen molar-refractivity contribution in [3.63, 3.8) is 0 Å². The van der Waals surface area contributed by atoms with Crippen LogP contribution in [0.1, 0.15) is 19.0 Å². The molecule has 0 unspecified atom stereocenters. The van der Waals surface area contributed by atoms with Crippen molar-refractivity contribution >= 4 is 22.9 Å². The first-order valence-corrected chi connectivity index (χ1v) is 6.29. The van der Waals surface area contributed by atoms with Gasteiger partial charge in [0.1, 0.15) is 5.01 Å². The van der Waals surface area contributed by atoms with Crippen LogP contribution in [0.25, 0.3) is 10.7 Å². The summed E-state index contributed by atoms with van der Waals surface area (Å²) in [6.07, 6.45) is 2.88. The summed E-state index contributed by atoms with van der Waals surface area (Å²) in [5.74, 6) is 0.471. The van der Waals surface area contributed by atoms with Crippen LogP contribution in [0.15, 0.2) is 17.6 Å². The second-order valence-electron chi connectivity index (χ2n) is 3.22. The molecule has 0 fully saturated rings. The van der Waals surface area contributed by atoms with Gasteiger partial charge in [0, 0.05) is 18.1 Å². The minimum absolute atomic E-state index is 0.471. The van der Waals surface area contributed by atoms with Crippen LogP contribution >= 0.6 is 22.9 Å². The molecule has 0 saturated heterocycles. The highest BCUT2D eigenvalue weighted by Gasteiger charge is 2.08. The molecular formula is C10H12ClN3S. The van der Waals surface area contributed by atoms with Crippen molar-refractivity contribution in [1.29, 1.82) is 0 Å². The highest BCUT2D eigenvalue weighted by molar-refractivity contribution is 7.13. The van der Waals surface area contributed by atoms with Crippen LogP contribution in [0.4, 0.5) is 0 Å². The van der Waals surface area contributed by atoms with E-state index in [9.17, 15) is 0 Å². The van der Waals surface area contributed by atoms with Crippen LogP contribution in [0.5, 0.6) is 0 Å². The van der Waals surface area contributed by atoms with Gasteiger partial charge < -0.3 is 0 Å². The first kappa shape index (κ1) is 10.6. The lowest BCUT2D eigenvalue weighted by atomic mass is 10.4. The van der Waals surface area contributed by atoms with Crippen molar-refractivity contribution < 1.29 is 0 Å². The minimum atomic E-state index is 0.471. The molecule has 0 atom stereocenters. The molecule has 0 radical (unpaired) electrons. The number of hydrogen-bond acceptors (Lipinski definition) is 3. The topological polar surface area (TPSA) is 30.7 Å². The molecule has 0 saturated carbocycles. The van der Waals surface area contributed by atoms with Gasteiger partial charge in [-0.2, -0.15) is 5.10 Å². The number of rotatable bonds is 4. The largest absolute Gasteiger partial charge is 0.262 e. The Morgan fingerprint density at radius 3 is 3.07 bits per heavy atom. The van der Waals surface area contributed by atoms with Gasteiger partial charge in [-0.3, -0.25) is 4.68 Å². The number of halogens is 1. The summed E-state index contributed by atoms with van der Waals surface area (Å²) in [5, 5.41) is 7.26. The first-order chi connectivity index (χ1) is 7.35. The maximum Gasteiger partial charge on any atom is 0.141 e. The molecule has 0 amide bonds. The van der Waals surface area contributed by atoms with Crippen LogP contribution < -0.4 is 0 Å². The number of thiazole rings is 1. The van der Waals surface area contributed by atoms with E-state index in [1.165, 1.54) is 0 Å². The number of alkyl halides is 1. The van der Waals surface area contributed by atoms with Gasteiger partial charge in [0.25, 0.3) is 0 Å². The number of hydrogen-bond donors (Lipinski definition) is 0. The van der Waals surface area contributed by atoms with Gasteiger partial charge in [-0.05, 0) is 12.5 Å². The summed E-state index contributed by atoms with van der Waals surface area (Å²) < 4.78 is 1.98. The number of aromatic nitrogens is 3. The zero-order chi connectivity index (χ0) is 10.7. The van der Waals surface area contributed by atoms with E-state index in [0.717, 1.165) is 29.4 Å². The number of aryl methyl sites for hydroxylation is 1. The Balaban J connectivity index is 2.31. The van der Waals surface area contributed by atoms with E-state index in [2.05, 4.69) is 17.0 Å². The molecule has 0 aromatic carbocycles. The van der Waals surface area contributed by atoms with Crippen LogP contribution in [-0.4, -0.2) is 14.8 Å². The third kappa shape index (κ3) is 2.21. The zero-order valence-electron chi connectivity index (χ0n) is 8.48. The first-order valence-electron chi connectivity index (χ1n) is 4.87. The van der Waals surface area contributed by atoms with Gasteiger partial charge in [0.2, 0.25) is 0 Å². The fourth-order valence-electron chi connectivity index (χ4n) is 1.39. The SMILES string of the molecule is CCCn1nccc1-c1nc(CCl)cs1. The predicted octanol–water partition coefficient (Wildman–Crippen LogP) is 3.16. The molecule has 0 aliphatic rings. The van der Waals surface area contributed by atoms with Crippen molar-refractivity contribution in [2.45, 2.75) is 25.8 Å². The third-order valence-corrected chi connectivity index (χ3v) is 3.25. The van der Waals surface area contributed by atoms with Gasteiger partial charge in [-0.1, -0.05) is 6.92 Å². The molecule has 3 nitrogen and oxygen atoms in total. The molecule has 0 N–H and O–H groups in total. The fraction of sp³-hybridized carbons (Fsp3) is 0.400. The standard InChI is InChI=1S/C10H12ClN3S/c1-2-5-14-9(3-4-12-14)10-13-8(6-11)7-15-10/h3-4,7H,2,5-6H2,1H3. The Morgan fingerprint density at radius 1 is 1.53 bits per heavy atom. The van der Waals surface area contributed by atoms with Gasteiger partial charge in [0.05, 0.1) is 17.3 Å². The van der Waals surface area contributed by atoms with Crippen LogP contribution in [-0.2, 0) is 12.4 Å². The number of nitrogens with zero attached hydrogens (tertiary/aromatic N) is 3. The van der Waals surface area contributed by atoms with E-state index in [4.69, 9.17) is 11.6 Å². The van der Waals surface area contributed by atoms with E-state index in [-0.39, 0.29) is 0 Å². The molecular weight excluding hydrogens is 230 g/mol. The predicted molar refractivity (Wildman–Crippen MR) is 63.2 cm³/mol.